The Balaban J connectivity index is 2.40. The van der Waals surface area contributed by atoms with Gasteiger partial charge in [0, 0.05) is 13.1 Å². The van der Waals surface area contributed by atoms with Crippen LogP contribution in [0.4, 0.5) is 11.4 Å². The van der Waals surface area contributed by atoms with E-state index in [2.05, 4.69) is 0 Å². The largest absolute Gasteiger partial charge is 0.374 e. The summed E-state index contributed by atoms with van der Waals surface area (Å²) in [7, 11) is -2.40. The Bertz CT molecular complexity index is 641. The number of ether oxygens (including phenoxy) is 2. The summed E-state index contributed by atoms with van der Waals surface area (Å²) in [5, 5.41) is 16.1. The molecule has 0 aliphatic carbocycles. The molecule has 1 saturated heterocycles. The monoisotopic (exact) mass is 317 g/mol. The molecule has 1 aromatic rings. The van der Waals surface area contributed by atoms with Crippen molar-refractivity contribution in [2.24, 2.45) is 5.14 Å². The molecular weight excluding hydrogens is 302 g/mol. The molecule has 0 unspecified atom stereocenters. The second-order valence-electron chi connectivity index (χ2n) is 4.46. The van der Waals surface area contributed by atoms with Gasteiger partial charge < -0.3 is 14.4 Å². The molecule has 0 spiro atoms. The third kappa shape index (κ3) is 3.47. The van der Waals surface area contributed by atoms with Crippen LogP contribution in [0.2, 0.25) is 0 Å². The minimum atomic E-state index is -4.01. The molecule has 1 atom stereocenters. The van der Waals surface area contributed by atoms with E-state index in [1.54, 1.807) is 7.05 Å². The lowest BCUT2D eigenvalue weighted by molar-refractivity contribution is -0.384. The number of nitrogens with two attached hydrogens (primary N) is 1. The minimum absolute atomic E-state index is 0.225. The Kier molecular flexibility index (Phi) is 4.42. The Morgan fingerprint density at radius 3 is 2.67 bits per heavy atom. The van der Waals surface area contributed by atoms with Crippen LogP contribution in [0.5, 0.6) is 0 Å². The van der Waals surface area contributed by atoms with Crippen molar-refractivity contribution in [1.82, 2.24) is 0 Å². The summed E-state index contributed by atoms with van der Waals surface area (Å²) in [6.07, 6.45) is -0.474. The molecule has 1 aliphatic rings. The van der Waals surface area contributed by atoms with E-state index >= 15 is 0 Å². The summed E-state index contributed by atoms with van der Waals surface area (Å²) in [6.45, 7) is 1.12. The van der Waals surface area contributed by atoms with Crippen molar-refractivity contribution in [3.05, 3.63) is 28.3 Å². The van der Waals surface area contributed by atoms with Gasteiger partial charge in [0.05, 0.1) is 29.6 Å². The smallest absolute Gasteiger partial charge is 0.293 e. The number of nitrogens with zero attached hydrogens (tertiary/aromatic N) is 2. The van der Waals surface area contributed by atoms with Crippen LogP contribution in [-0.2, 0) is 19.5 Å². The first-order valence-electron chi connectivity index (χ1n) is 6.04. The standard InChI is InChI=1S/C11H15N3O6S/c1-13(11-7-19-4-5-20-11)9-3-2-8(21(12,17)18)6-10(9)14(15)16/h2-3,6,11H,4-5,7H2,1H3,(H2,12,17,18)/t11-/m1/s1. The van der Waals surface area contributed by atoms with Crippen molar-refractivity contribution < 1.29 is 22.8 Å². The molecule has 1 aromatic carbocycles. The summed E-state index contributed by atoms with van der Waals surface area (Å²) >= 11 is 0. The summed E-state index contributed by atoms with van der Waals surface area (Å²) in [5.74, 6) is 0. The van der Waals surface area contributed by atoms with Gasteiger partial charge in [-0.3, -0.25) is 10.1 Å². The molecule has 9 nitrogen and oxygen atoms in total. The fourth-order valence-electron chi connectivity index (χ4n) is 1.98. The van der Waals surface area contributed by atoms with Gasteiger partial charge in [0.2, 0.25) is 10.0 Å². The molecule has 1 fully saturated rings. The number of likely N-dealkylation sites (N-methyl/N-ethyl adjacent to an activating group) is 1. The number of nitro groups is 1. The van der Waals surface area contributed by atoms with Crippen LogP contribution >= 0.6 is 0 Å². The third-order valence-electron chi connectivity index (χ3n) is 3.08. The Hall–Kier alpha value is -1.75. The van der Waals surface area contributed by atoms with E-state index in [1.165, 1.54) is 17.0 Å². The maximum atomic E-state index is 11.3. The van der Waals surface area contributed by atoms with Gasteiger partial charge in [0.15, 0.2) is 6.23 Å². The summed E-state index contributed by atoms with van der Waals surface area (Å²) in [6, 6.07) is 3.48. The van der Waals surface area contributed by atoms with Gasteiger partial charge in [-0.1, -0.05) is 0 Å². The second-order valence-corrected chi connectivity index (χ2v) is 6.03. The van der Waals surface area contributed by atoms with Gasteiger partial charge in [-0.25, -0.2) is 13.6 Å². The number of hydrogen-bond acceptors (Lipinski definition) is 7. The predicted molar refractivity (Wildman–Crippen MR) is 73.4 cm³/mol. The fraction of sp³-hybridized carbons (Fsp3) is 0.455. The molecular formula is C11H15N3O6S. The number of anilines is 1. The quantitative estimate of drug-likeness (QED) is 0.614. The van der Waals surface area contributed by atoms with Gasteiger partial charge in [-0.2, -0.15) is 0 Å². The predicted octanol–water partition coefficient (Wildman–Crippen LogP) is 0.0513. The highest BCUT2D eigenvalue weighted by Gasteiger charge is 2.27. The molecule has 21 heavy (non-hydrogen) atoms. The number of sulfonamides is 1. The first-order chi connectivity index (χ1) is 9.80. The molecule has 0 amide bonds. The lowest BCUT2D eigenvalue weighted by atomic mass is 10.2. The van der Waals surface area contributed by atoms with Gasteiger partial charge in [0.25, 0.3) is 5.69 Å². The minimum Gasteiger partial charge on any atom is -0.374 e. The summed E-state index contributed by atoms with van der Waals surface area (Å²) in [5.41, 5.74) is -0.138. The zero-order valence-corrected chi connectivity index (χ0v) is 12.1. The Labute approximate surface area is 121 Å². The van der Waals surface area contributed by atoms with Crippen molar-refractivity contribution in [3.63, 3.8) is 0 Å². The van der Waals surface area contributed by atoms with E-state index in [0.717, 1.165) is 6.07 Å². The molecule has 1 aliphatic heterocycles. The zero-order chi connectivity index (χ0) is 15.6. The van der Waals surface area contributed by atoms with Crippen LogP contribution in [0.15, 0.2) is 23.1 Å². The van der Waals surface area contributed by atoms with E-state index in [0.29, 0.717) is 13.2 Å². The average molecular weight is 317 g/mol. The first kappa shape index (κ1) is 15.6. The lowest BCUT2D eigenvalue weighted by Crippen LogP contribution is -2.42. The fourth-order valence-corrected chi connectivity index (χ4v) is 2.51. The molecule has 10 heteroatoms. The van der Waals surface area contributed by atoms with Crippen LogP contribution in [0, 0.1) is 10.1 Å². The number of primary sulfonamides is 1. The highest BCUT2D eigenvalue weighted by molar-refractivity contribution is 7.89. The maximum absolute atomic E-state index is 11.3. The Morgan fingerprint density at radius 2 is 2.14 bits per heavy atom. The molecule has 2 rings (SSSR count). The summed E-state index contributed by atoms with van der Waals surface area (Å²) in [4.78, 5) is 11.7. The van der Waals surface area contributed by atoms with Crippen molar-refractivity contribution >= 4 is 21.4 Å². The number of nitro benzene ring substituents is 1. The van der Waals surface area contributed by atoms with Crippen LogP contribution in [0.3, 0.4) is 0 Å². The molecule has 1 heterocycles. The van der Waals surface area contributed by atoms with E-state index < -0.39 is 21.2 Å². The average Bonchev–Trinajstić information content (AvgIpc) is 2.45. The van der Waals surface area contributed by atoms with Crippen molar-refractivity contribution in [1.29, 1.82) is 0 Å². The molecule has 0 bridgehead atoms. The topological polar surface area (TPSA) is 125 Å². The number of rotatable bonds is 4. The van der Waals surface area contributed by atoms with Gasteiger partial charge in [-0.15, -0.1) is 0 Å². The van der Waals surface area contributed by atoms with Crippen LogP contribution < -0.4 is 10.0 Å². The molecule has 0 radical (unpaired) electrons. The van der Waals surface area contributed by atoms with Crippen LogP contribution in [0.25, 0.3) is 0 Å². The van der Waals surface area contributed by atoms with E-state index in [1.807, 2.05) is 0 Å². The third-order valence-corrected chi connectivity index (χ3v) is 3.99. The van der Waals surface area contributed by atoms with Gasteiger partial charge >= 0.3 is 0 Å². The number of hydrogen-bond donors (Lipinski definition) is 1. The van der Waals surface area contributed by atoms with E-state index in [-0.39, 0.29) is 22.9 Å². The van der Waals surface area contributed by atoms with Crippen molar-refractivity contribution in [2.45, 2.75) is 11.1 Å². The molecule has 2 N–H and O–H groups in total. The lowest BCUT2D eigenvalue weighted by Gasteiger charge is -2.32. The molecule has 0 saturated carbocycles. The van der Waals surface area contributed by atoms with Crippen molar-refractivity contribution in [3.8, 4) is 0 Å². The van der Waals surface area contributed by atoms with Crippen LogP contribution in [0.1, 0.15) is 0 Å². The highest BCUT2D eigenvalue weighted by Crippen LogP contribution is 2.31. The zero-order valence-electron chi connectivity index (χ0n) is 11.3. The SMILES string of the molecule is CN(c1ccc(S(N)(=O)=O)cc1[N+](=O)[O-])[C@H]1COCCO1. The second kappa shape index (κ2) is 5.93. The van der Waals surface area contributed by atoms with Crippen LogP contribution in [-0.4, -0.2) is 46.4 Å². The normalized spacial score (nSPS) is 19.2. The van der Waals surface area contributed by atoms with E-state index in [9.17, 15) is 18.5 Å². The van der Waals surface area contributed by atoms with Gasteiger partial charge in [0.1, 0.15) is 5.69 Å². The van der Waals surface area contributed by atoms with Gasteiger partial charge in [-0.05, 0) is 12.1 Å². The van der Waals surface area contributed by atoms with Crippen molar-refractivity contribution in [2.75, 3.05) is 31.8 Å². The maximum Gasteiger partial charge on any atom is 0.293 e. The van der Waals surface area contributed by atoms with E-state index in [4.69, 9.17) is 14.6 Å². The molecule has 0 aromatic heterocycles. The summed E-state index contributed by atoms with van der Waals surface area (Å²) < 4.78 is 33.3. The number of benzene rings is 1. The Morgan fingerprint density at radius 1 is 1.43 bits per heavy atom. The first-order valence-corrected chi connectivity index (χ1v) is 7.59. The molecule has 116 valence electrons. The highest BCUT2D eigenvalue weighted by atomic mass is 32.2.